The third kappa shape index (κ3) is 6.88. The molecule has 2 aliphatic carbocycles. The van der Waals surface area contributed by atoms with Gasteiger partial charge in [-0.1, -0.05) is 217 Å². The Morgan fingerprint density at radius 2 is 0.753 bits per heavy atom. The van der Waals surface area contributed by atoms with Gasteiger partial charge in [0, 0.05) is 27.3 Å². The van der Waals surface area contributed by atoms with Crippen LogP contribution in [0.3, 0.4) is 0 Å². The molecule has 356 valence electrons. The minimum absolute atomic E-state index is 0.0253. The summed E-state index contributed by atoms with van der Waals surface area (Å²) in [5, 5.41) is 10.3. The lowest BCUT2D eigenvalue weighted by Gasteiger charge is -2.33. The van der Waals surface area contributed by atoms with Crippen molar-refractivity contribution in [3.8, 4) is 44.5 Å². The molecule has 0 unspecified atom stereocenters. The normalized spacial score (nSPS) is 13.9. The van der Waals surface area contributed by atoms with Gasteiger partial charge in [-0.2, -0.15) is 0 Å². The number of hydrogen-bond donors (Lipinski definition) is 0. The quantitative estimate of drug-likeness (QED) is 0.117. The first kappa shape index (κ1) is 45.1. The van der Waals surface area contributed by atoms with Gasteiger partial charge >= 0.3 is 0 Å². The zero-order chi connectivity index (χ0) is 49.6. The van der Waals surface area contributed by atoms with Crippen molar-refractivity contribution in [1.82, 2.24) is 0 Å². The second-order valence-corrected chi connectivity index (χ2v) is 21.8. The summed E-state index contributed by atoms with van der Waals surface area (Å²) in [6, 6.07) is 76.8. The summed E-state index contributed by atoms with van der Waals surface area (Å²) in [5.74, 6) is 0. The predicted molar refractivity (Wildman–Crippen MR) is 314 cm³/mol. The van der Waals surface area contributed by atoms with Gasteiger partial charge in [-0.3, -0.25) is 0 Å². The van der Waals surface area contributed by atoms with Crippen LogP contribution in [0.2, 0.25) is 0 Å². The van der Waals surface area contributed by atoms with E-state index in [1.807, 2.05) is 0 Å². The van der Waals surface area contributed by atoms with E-state index in [-0.39, 0.29) is 10.8 Å². The molecule has 0 fully saturated rings. The first-order chi connectivity index (χ1) is 35.7. The van der Waals surface area contributed by atoms with Gasteiger partial charge in [-0.05, 0) is 173 Å². The van der Waals surface area contributed by atoms with Crippen molar-refractivity contribution in [3.05, 3.63) is 234 Å². The molecule has 0 N–H and O–H groups in total. The van der Waals surface area contributed by atoms with Crippen molar-refractivity contribution in [2.75, 3.05) is 4.90 Å². The van der Waals surface area contributed by atoms with Crippen LogP contribution in [0, 0.1) is 13.8 Å². The molecule has 0 bridgehead atoms. The summed E-state index contributed by atoms with van der Waals surface area (Å²) in [7, 11) is 0. The molecule has 1 nitrogen and oxygen atoms in total. The van der Waals surface area contributed by atoms with Crippen LogP contribution in [-0.2, 0) is 10.8 Å². The van der Waals surface area contributed by atoms with Gasteiger partial charge in [0.15, 0.2) is 0 Å². The van der Waals surface area contributed by atoms with Gasteiger partial charge in [-0.15, -0.1) is 0 Å². The molecule has 0 saturated carbocycles. The van der Waals surface area contributed by atoms with E-state index < -0.39 is 0 Å². The van der Waals surface area contributed by atoms with Gasteiger partial charge in [-0.25, -0.2) is 0 Å². The predicted octanol–water partition coefficient (Wildman–Crippen LogP) is 20.7. The largest absolute Gasteiger partial charge is 0.309 e. The maximum absolute atomic E-state index is 2.61. The van der Waals surface area contributed by atoms with E-state index in [0.717, 1.165) is 0 Å². The maximum Gasteiger partial charge on any atom is 0.0540 e. The Kier molecular flexibility index (Phi) is 10.8. The standard InChI is InChI=1S/C72H63N/c1-7-9-41-72(42-10-8-2)63-30-20-19-23-53(63)56-37-34-49(44-66(56)72)70-61-28-17-15-26-59(61)69(60-27-16-18-29-62(60)70)48-33-36-54-55-38-35-50(45-65(55)71(5,6)64(54)43-48)73(67-39-31-46(3)51-21-11-13-24-57(51)67)68-40-32-47(4)52-22-12-14-25-58(52)68/h11-40,43-45H,7-10,41-42H2,1-6H3. The smallest absolute Gasteiger partial charge is 0.0540 e. The van der Waals surface area contributed by atoms with Crippen molar-refractivity contribution in [1.29, 1.82) is 0 Å². The molecular weight excluding hydrogens is 879 g/mol. The molecule has 0 aliphatic heterocycles. The zero-order valence-corrected chi connectivity index (χ0v) is 43.2. The van der Waals surface area contributed by atoms with E-state index in [2.05, 4.69) is 247 Å². The SMILES string of the molecule is CCCCC1(CCCC)c2ccccc2-c2ccc(-c3c4ccccc4c(-c4ccc5c(c4)C(C)(C)c4cc(N(c6ccc(C)c7ccccc67)c6ccc(C)c7ccccc67)ccc4-5)c4ccccc34)cc21. The number of hydrogen-bond acceptors (Lipinski definition) is 1. The number of aryl methyl sites for hydroxylation is 2. The zero-order valence-electron chi connectivity index (χ0n) is 43.2. The molecule has 1 heteroatoms. The Bertz CT molecular complexity index is 3860. The number of unbranched alkanes of at least 4 members (excludes halogenated alkanes) is 2. The highest BCUT2D eigenvalue weighted by atomic mass is 15.1. The molecule has 13 rings (SSSR count). The van der Waals surface area contributed by atoms with E-state index >= 15 is 0 Å². The Morgan fingerprint density at radius 3 is 1.26 bits per heavy atom. The lowest BCUT2D eigenvalue weighted by molar-refractivity contribution is 0.414. The molecular formula is C72H63N. The van der Waals surface area contributed by atoms with Crippen molar-refractivity contribution in [3.63, 3.8) is 0 Å². The van der Waals surface area contributed by atoms with E-state index in [1.165, 1.54) is 177 Å². The summed E-state index contributed by atoms with van der Waals surface area (Å²) in [4.78, 5) is 2.52. The van der Waals surface area contributed by atoms with Crippen molar-refractivity contribution in [2.45, 2.75) is 90.9 Å². The van der Waals surface area contributed by atoms with Crippen LogP contribution in [0.15, 0.2) is 200 Å². The van der Waals surface area contributed by atoms with Crippen molar-refractivity contribution in [2.24, 2.45) is 0 Å². The fraction of sp³-hybridized carbons (Fsp3) is 0.194. The van der Waals surface area contributed by atoms with E-state index in [1.54, 1.807) is 0 Å². The third-order valence-electron chi connectivity index (χ3n) is 17.3. The van der Waals surface area contributed by atoms with Gasteiger partial charge in [0.2, 0.25) is 0 Å². The van der Waals surface area contributed by atoms with Crippen LogP contribution in [0.1, 0.15) is 99.6 Å². The highest BCUT2D eigenvalue weighted by molar-refractivity contribution is 6.21. The average Bonchev–Trinajstić information content (AvgIpc) is 3.83. The minimum Gasteiger partial charge on any atom is -0.309 e. The van der Waals surface area contributed by atoms with Gasteiger partial charge in [0.25, 0.3) is 0 Å². The number of benzene rings is 11. The minimum atomic E-state index is -0.261. The molecule has 2 aliphatic rings. The monoisotopic (exact) mass is 941 g/mol. The van der Waals surface area contributed by atoms with Gasteiger partial charge in [0.05, 0.1) is 11.4 Å². The fourth-order valence-electron chi connectivity index (χ4n) is 13.7. The lowest BCUT2D eigenvalue weighted by atomic mass is 9.70. The van der Waals surface area contributed by atoms with Crippen LogP contribution in [-0.4, -0.2) is 0 Å². The number of rotatable bonds is 11. The molecule has 0 amide bonds. The third-order valence-corrected chi connectivity index (χ3v) is 17.3. The Labute approximate surface area is 431 Å². The van der Waals surface area contributed by atoms with E-state index in [0.29, 0.717) is 0 Å². The van der Waals surface area contributed by atoms with Gasteiger partial charge in [0.1, 0.15) is 0 Å². The van der Waals surface area contributed by atoms with Gasteiger partial charge < -0.3 is 4.90 Å². The fourth-order valence-corrected chi connectivity index (χ4v) is 13.7. The highest BCUT2D eigenvalue weighted by Gasteiger charge is 2.42. The molecule has 0 saturated heterocycles. The second kappa shape index (κ2) is 17.5. The molecule has 11 aromatic rings. The molecule has 0 radical (unpaired) electrons. The van der Waals surface area contributed by atoms with E-state index in [4.69, 9.17) is 0 Å². The lowest BCUT2D eigenvalue weighted by Crippen LogP contribution is -2.25. The molecule has 0 spiro atoms. The Balaban J connectivity index is 0.960. The van der Waals surface area contributed by atoms with Crippen molar-refractivity contribution >= 4 is 60.2 Å². The van der Waals surface area contributed by atoms with E-state index in [9.17, 15) is 0 Å². The molecule has 0 aromatic heterocycles. The second-order valence-electron chi connectivity index (χ2n) is 21.8. The topological polar surface area (TPSA) is 3.24 Å². The first-order valence-electron chi connectivity index (χ1n) is 27.0. The maximum atomic E-state index is 2.61. The number of anilines is 3. The summed E-state index contributed by atoms with van der Waals surface area (Å²) in [5.41, 5.74) is 22.4. The number of fused-ring (bicyclic) bond motifs is 10. The van der Waals surface area contributed by atoms with Crippen LogP contribution in [0.5, 0.6) is 0 Å². The molecule has 11 aromatic carbocycles. The average molecular weight is 942 g/mol. The van der Waals surface area contributed by atoms with Crippen LogP contribution >= 0.6 is 0 Å². The summed E-state index contributed by atoms with van der Waals surface area (Å²) >= 11 is 0. The Hall–Kier alpha value is -7.74. The summed E-state index contributed by atoms with van der Waals surface area (Å²) in [6.45, 7) is 14.0. The van der Waals surface area contributed by atoms with Crippen LogP contribution in [0.25, 0.3) is 87.6 Å². The molecule has 0 heterocycles. The number of nitrogens with zero attached hydrogens (tertiary/aromatic N) is 1. The summed E-state index contributed by atoms with van der Waals surface area (Å²) < 4.78 is 0. The summed E-state index contributed by atoms with van der Waals surface area (Å²) in [6.07, 6.45) is 7.21. The highest BCUT2D eigenvalue weighted by Crippen LogP contribution is 2.57. The van der Waals surface area contributed by atoms with Crippen LogP contribution < -0.4 is 4.90 Å². The Morgan fingerprint density at radius 1 is 0.356 bits per heavy atom. The van der Waals surface area contributed by atoms with Crippen LogP contribution in [0.4, 0.5) is 17.1 Å². The molecule has 73 heavy (non-hydrogen) atoms. The van der Waals surface area contributed by atoms with Crippen molar-refractivity contribution < 1.29 is 0 Å². The first-order valence-corrected chi connectivity index (χ1v) is 27.0. The molecule has 0 atom stereocenters.